The lowest BCUT2D eigenvalue weighted by molar-refractivity contribution is 0.0478. The topological polar surface area (TPSA) is 77.5 Å². The number of carbonyl (C=O) groups is 2. The maximum absolute atomic E-state index is 12.6. The van der Waals surface area contributed by atoms with Gasteiger partial charge < -0.3 is 4.74 Å². The fraction of sp³-hybridized carbons (Fsp3) is 0.222. The van der Waals surface area contributed by atoms with Crippen LogP contribution in [0.1, 0.15) is 44.5 Å². The predicted molar refractivity (Wildman–Crippen MR) is 106 cm³/mol. The largest absolute Gasteiger partial charge is 0.457 e. The van der Waals surface area contributed by atoms with E-state index in [0.717, 1.165) is 23.2 Å². The molecule has 1 aliphatic carbocycles. The molecule has 1 heterocycles. The monoisotopic (exact) mass is 444 g/mol. The number of Topliss-reactive ketones (excluding diaryl/α,β-unsaturated/α-hetero) is 1. The van der Waals surface area contributed by atoms with Gasteiger partial charge in [0.1, 0.15) is 15.7 Å². The lowest BCUT2D eigenvalue weighted by atomic mass is 9.94. The summed E-state index contributed by atoms with van der Waals surface area (Å²) in [5.74, 6) is -1.01. The highest BCUT2D eigenvalue weighted by Crippen LogP contribution is 2.38. The molecule has 0 radical (unpaired) electrons. The van der Waals surface area contributed by atoms with E-state index in [9.17, 15) is 18.0 Å². The van der Waals surface area contributed by atoms with E-state index < -0.39 is 15.8 Å². The number of benzene rings is 1. The number of fused-ring (bicyclic) bond motifs is 1. The van der Waals surface area contributed by atoms with Gasteiger partial charge in [0.25, 0.3) is 0 Å². The molecule has 3 rings (SSSR count). The van der Waals surface area contributed by atoms with E-state index >= 15 is 0 Å². The smallest absolute Gasteiger partial charge is 0.349 e. The Balaban J connectivity index is 1.96. The summed E-state index contributed by atoms with van der Waals surface area (Å²) >= 11 is 12.6. The third kappa shape index (κ3) is 4.11. The number of hydrogen-bond acceptors (Lipinski definition) is 6. The molecule has 5 nitrogen and oxygen atoms in total. The van der Waals surface area contributed by atoms with Crippen LogP contribution in [0.2, 0.25) is 10.0 Å². The Morgan fingerprint density at radius 1 is 1.26 bits per heavy atom. The fourth-order valence-corrected chi connectivity index (χ4v) is 5.41. The lowest BCUT2D eigenvalue weighted by Crippen LogP contribution is -2.11. The van der Waals surface area contributed by atoms with Gasteiger partial charge in [0, 0.05) is 18.2 Å². The number of thiophene rings is 1. The number of allylic oxidation sites excluding steroid dienone is 1. The van der Waals surface area contributed by atoms with Crippen LogP contribution in [0.15, 0.2) is 28.0 Å². The highest BCUT2D eigenvalue weighted by Gasteiger charge is 2.33. The van der Waals surface area contributed by atoms with Gasteiger partial charge in [0.15, 0.2) is 15.6 Å². The summed E-state index contributed by atoms with van der Waals surface area (Å²) in [5, 5.41) is 0.721. The highest BCUT2D eigenvalue weighted by atomic mass is 35.5. The normalized spacial score (nSPS) is 13.9. The molecule has 0 unspecified atom stereocenters. The van der Waals surface area contributed by atoms with E-state index in [0.29, 0.717) is 21.2 Å². The molecule has 0 N–H and O–H groups in total. The zero-order valence-corrected chi connectivity index (χ0v) is 17.5. The molecule has 142 valence electrons. The quantitative estimate of drug-likeness (QED) is 0.632. The van der Waals surface area contributed by atoms with Crippen molar-refractivity contribution in [2.45, 2.75) is 24.2 Å². The fourth-order valence-electron chi connectivity index (χ4n) is 2.72. The molecular weight excluding hydrogens is 431 g/mol. The summed E-state index contributed by atoms with van der Waals surface area (Å²) in [6.45, 7) is 1.69. The summed E-state index contributed by atoms with van der Waals surface area (Å²) in [6, 6.07) is 4.84. The SMILES string of the molecule is CC1=Cc2c(C(=O)OCc3ccc(Cl)c(Cl)c3)sc(S(C)(=O)=O)c2C(=O)C1. The minimum Gasteiger partial charge on any atom is -0.457 e. The number of ether oxygens (including phenoxy) is 1. The zero-order valence-electron chi connectivity index (χ0n) is 14.3. The van der Waals surface area contributed by atoms with E-state index in [1.165, 1.54) is 0 Å². The Hall–Kier alpha value is -1.67. The molecule has 0 amide bonds. The average molecular weight is 445 g/mol. The Morgan fingerprint density at radius 3 is 2.59 bits per heavy atom. The van der Waals surface area contributed by atoms with Crippen molar-refractivity contribution in [1.29, 1.82) is 0 Å². The van der Waals surface area contributed by atoms with Crippen LogP contribution in [-0.4, -0.2) is 26.4 Å². The molecule has 1 aliphatic rings. The van der Waals surface area contributed by atoms with Gasteiger partial charge >= 0.3 is 5.97 Å². The number of carbonyl (C=O) groups excluding carboxylic acids is 2. The molecule has 0 saturated carbocycles. The van der Waals surface area contributed by atoms with Crippen molar-refractivity contribution in [3.8, 4) is 0 Å². The zero-order chi connectivity index (χ0) is 19.9. The molecule has 0 spiro atoms. The first kappa shape index (κ1) is 20.1. The number of esters is 1. The van der Waals surface area contributed by atoms with Crippen molar-refractivity contribution in [3.63, 3.8) is 0 Å². The van der Waals surface area contributed by atoms with Gasteiger partial charge in [-0.2, -0.15) is 0 Å². The Bertz CT molecular complexity index is 1100. The van der Waals surface area contributed by atoms with E-state index in [1.807, 2.05) is 0 Å². The van der Waals surface area contributed by atoms with Crippen LogP contribution >= 0.6 is 34.5 Å². The van der Waals surface area contributed by atoms with Gasteiger partial charge in [-0.25, -0.2) is 13.2 Å². The third-order valence-corrected chi connectivity index (χ3v) is 7.65. The standard InChI is InChI=1S/C18H14Cl2O5S2/c1-9-5-11-15(14(21)6-9)18(27(2,23)24)26-16(11)17(22)25-8-10-3-4-12(19)13(20)7-10/h3-5,7H,6,8H2,1-2H3. The lowest BCUT2D eigenvalue weighted by Gasteiger charge is -2.11. The van der Waals surface area contributed by atoms with Crippen LogP contribution in [0.25, 0.3) is 6.08 Å². The number of sulfone groups is 1. The Labute approximate surface area is 170 Å². The van der Waals surface area contributed by atoms with Gasteiger partial charge in [0.05, 0.1) is 15.6 Å². The first-order chi connectivity index (χ1) is 12.6. The number of hydrogen-bond donors (Lipinski definition) is 0. The van der Waals surface area contributed by atoms with Crippen LogP contribution in [0.3, 0.4) is 0 Å². The highest BCUT2D eigenvalue weighted by molar-refractivity contribution is 7.92. The van der Waals surface area contributed by atoms with Crippen molar-refractivity contribution < 1.29 is 22.7 Å². The van der Waals surface area contributed by atoms with Gasteiger partial charge in [-0.3, -0.25) is 4.79 Å². The first-order valence-corrected chi connectivity index (χ1v) is 11.2. The summed E-state index contributed by atoms with van der Waals surface area (Å²) in [6.07, 6.45) is 2.81. The maximum Gasteiger partial charge on any atom is 0.349 e. The van der Waals surface area contributed by atoms with E-state index in [1.54, 1.807) is 31.2 Å². The second kappa shape index (κ2) is 7.39. The van der Waals surface area contributed by atoms with Gasteiger partial charge in [-0.05, 0) is 24.6 Å². The summed E-state index contributed by atoms with van der Waals surface area (Å²) in [7, 11) is -3.66. The van der Waals surface area contributed by atoms with Crippen molar-refractivity contribution in [2.24, 2.45) is 0 Å². The molecule has 0 fully saturated rings. The van der Waals surface area contributed by atoms with E-state index in [-0.39, 0.29) is 33.5 Å². The van der Waals surface area contributed by atoms with Crippen molar-refractivity contribution in [3.05, 3.63) is 55.4 Å². The molecular formula is C18H14Cl2O5S2. The second-order valence-corrected chi connectivity index (χ2v) is 10.2. The van der Waals surface area contributed by atoms with Gasteiger partial charge in [-0.15, -0.1) is 11.3 Å². The Morgan fingerprint density at radius 2 is 1.96 bits per heavy atom. The van der Waals surface area contributed by atoms with Crippen molar-refractivity contribution >= 4 is 62.2 Å². The predicted octanol–water partition coefficient (Wildman–Crippen LogP) is 4.81. The maximum atomic E-state index is 12.6. The molecule has 9 heteroatoms. The molecule has 1 aromatic carbocycles. The van der Waals surface area contributed by atoms with Crippen molar-refractivity contribution in [1.82, 2.24) is 0 Å². The molecule has 2 aromatic rings. The molecule has 0 bridgehead atoms. The van der Waals surface area contributed by atoms with Gasteiger partial charge in [0.2, 0.25) is 0 Å². The van der Waals surface area contributed by atoms with Gasteiger partial charge in [-0.1, -0.05) is 40.9 Å². The summed E-state index contributed by atoms with van der Waals surface area (Å²) < 4.78 is 29.4. The first-order valence-electron chi connectivity index (χ1n) is 7.76. The molecule has 0 saturated heterocycles. The number of ketones is 1. The third-order valence-electron chi connectivity index (χ3n) is 3.90. The molecule has 0 aliphatic heterocycles. The Kier molecular flexibility index (Phi) is 5.49. The summed E-state index contributed by atoms with van der Waals surface area (Å²) in [5.41, 5.74) is 1.78. The van der Waals surface area contributed by atoms with E-state index in [4.69, 9.17) is 27.9 Å². The van der Waals surface area contributed by atoms with Crippen molar-refractivity contribution in [2.75, 3.05) is 6.26 Å². The minimum atomic E-state index is -3.66. The van der Waals surface area contributed by atoms with Crippen LogP contribution in [0.4, 0.5) is 0 Å². The average Bonchev–Trinajstić information content (AvgIpc) is 2.95. The second-order valence-electron chi connectivity index (χ2n) is 6.19. The molecule has 0 atom stereocenters. The van der Waals surface area contributed by atoms with Crippen LogP contribution in [-0.2, 0) is 21.2 Å². The summed E-state index contributed by atoms with van der Waals surface area (Å²) in [4.78, 5) is 25.1. The minimum absolute atomic E-state index is 0.0623. The van der Waals surface area contributed by atoms with Crippen LogP contribution < -0.4 is 0 Å². The number of rotatable bonds is 4. The molecule has 27 heavy (non-hydrogen) atoms. The molecule has 1 aromatic heterocycles. The van der Waals surface area contributed by atoms with E-state index in [2.05, 4.69) is 0 Å². The van der Waals surface area contributed by atoms with Crippen LogP contribution in [0, 0.1) is 0 Å². The van der Waals surface area contributed by atoms with Crippen LogP contribution in [0.5, 0.6) is 0 Å². The number of halogens is 2.